The number of likely N-dealkylation sites (tertiary alicyclic amines) is 2. The largest absolute Gasteiger partial charge is 0.453 e. The van der Waals surface area contributed by atoms with Crippen molar-refractivity contribution in [2.24, 2.45) is 11.8 Å². The maximum absolute atomic E-state index is 14.0. The minimum absolute atomic E-state index is 0.0122. The number of aromatic nitrogens is 5. The number of alkyl carbamates (subject to hydrolysis) is 2. The quantitative estimate of drug-likeness (QED) is 0.0861. The topological polar surface area (TPSA) is 203 Å². The number of amides is 4. The Balaban J connectivity index is 0.968. The van der Waals surface area contributed by atoms with Crippen LogP contribution in [0.5, 0.6) is 0 Å². The minimum atomic E-state index is -0.910. The number of hydrogen-bond acceptors (Lipinski definition) is 12. The van der Waals surface area contributed by atoms with Gasteiger partial charge in [-0.1, -0.05) is 52.0 Å². The Bertz CT molecular complexity index is 2820. The predicted octanol–water partition coefficient (Wildman–Crippen LogP) is 8.51. The number of anilines is 2. The van der Waals surface area contributed by atoms with Gasteiger partial charge in [-0.3, -0.25) is 9.59 Å². The zero-order valence-electron chi connectivity index (χ0n) is 42.6. The molecule has 384 valence electrons. The smallest absolute Gasteiger partial charge is 0.407 e. The van der Waals surface area contributed by atoms with Gasteiger partial charge >= 0.3 is 12.2 Å². The van der Waals surface area contributed by atoms with Crippen LogP contribution in [0, 0.1) is 11.8 Å². The van der Waals surface area contributed by atoms with Crippen molar-refractivity contribution in [2.75, 3.05) is 63.4 Å². The van der Waals surface area contributed by atoms with E-state index in [1.807, 2.05) is 43.7 Å². The number of hydrogen-bond donors (Lipinski definition) is 4. The summed E-state index contributed by atoms with van der Waals surface area (Å²) in [6.45, 7) is 11.7. The van der Waals surface area contributed by atoms with Crippen molar-refractivity contribution in [3.63, 3.8) is 0 Å². The van der Waals surface area contributed by atoms with Crippen LogP contribution in [-0.4, -0.2) is 124 Å². The highest BCUT2D eigenvalue weighted by molar-refractivity contribution is 5.87. The van der Waals surface area contributed by atoms with Gasteiger partial charge in [0, 0.05) is 50.7 Å². The van der Waals surface area contributed by atoms with Gasteiger partial charge in [-0.15, -0.1) is 0 Å². The fourth-order valence-electron chi connectivity index (χ4n) is 11.3. The summed E-state index contributed by atoms with van der Waals surface area (Å²) in [5, 5.41) is 5.23. The monoisotopic (exact) mass is 994 g/mol. The molecule has 6 aromatic rings. The molecule has 0 saturated carbocycles. The van der Waals surface area contributed by atoms with Gasteiger partial charge in [0.05, 0.1) is 66.6 Å². The first-order chi connectivity index (χ1) is 35.4. The van der Waals surface area contributed by atoms with E-state index in [0.717, 1.165) is 119 Å². The van der Waals surface area contributed by atoms with E-state index in [9.17, 15) is 19.2 Å². The molecule has 4 aliphatic heterocycles. The van der Waals surface area contributed by atoms with Gasteiger partial charge in [-0.05, 0) is 116 Å². The van der Waals surface area contributed by atoms with Crippen LogP contribution in [0.4, 0.5) is 21.1 Å². The second kappa shape index (κ2) is 21.1. The zero-order valence-corrected chi connectivity index (χ0v) is 42.6. The number of methoxy groups -OCH3 is 1. The summed E-state index contributed by atoms with van der Waals surface area (Å²) in [4.78, 5) is 83.2. The number of carbonyl (C=O) groups is 4. The molecule has 18 heteroatoms. The third kappa shape index (κ3) is 10.0. The lowest BCUT2D eigenvalue weighted by atomic mass is 10.0. The molecule has 0 bridgehead atoms. The van der Waals surface area contributed by atoms with Gasteiger partial charge in [0.1, 0.15) is 23.5 Å². The molecule has 0 spiro atoms. The maximum atomic E-state index is 14.0. The van der Waals surface area contributed by atoms with Gasteiger partial charge < -0.3 is 54.4 Å². The van der Waals surface area contributed by atoms with E-state index in [-0.39, 0.29) is 47.8 Å². The Kier molecular flexibility index (Phi) is 14.3. The number of imidazole rings is 2. The molecule has 3 aromatic heterocycles. The van der Waals surface area contributed by atoms with Crippen LogP contribution in [0.3, 0.4) is 0 Å². The number of carbonyl (C=O) groups excluding carboxylic acids is 4. The van der Waals surface area contributed by atoms with Crippen molar-refractivity contribution in [3.05, 3.63) is 102 Å². The summed E-state index contributed by atoms with van der Waals surface area (Å²) in [5.41, 5.74) is 8.86. The van der Waals surface area contributed by atoms with Crippen molar-refractivity contribution in [2.45, 2.75) is 103 Å². The highest BCUT2D eigenvalue weighted by Gasteiger charge is 2.41. The first-order valence-electron chi connectivity index (χ1n) is 25.9. The van der Waals surface area contributed by atoms with E-state index >= 15 is 0 Å². The van der Waals surface area contributed by atoms with E-state index in [1.165, 1.54) is 14.2 Å². The number of benzene rings is 3. The average molecular weight is 994 g/mol. The lowest BCUT2D eigenvalue weighted by Crippen LogP contribution is -2.51. The van der Waals surface area contributed by atoms with Crippen LogP contribution >= 0.6 is 0 Å². The van der Waals surface area contributed by atoms with Crippen molar-refractivity contribution in [1.82, 2.24) is 45.4 Å². The molecule has 0 radical (unpaired) electrons. The molecule has 4 amide bonds. The molecule has 4 N–H and O–H groups in total. The molecular weight excluding hydrogens is 927 g/mol. The number of pyridine rings is 1. The summed E-state index contributed by atoms with van der Waals surface area (Å²) in [5.74, 6) is 1.69. The molecule has 4 aliphatic rings. The van der Waals surface area contributed by atoms with Crippen LogP contribution in [0.1, 0.15) is 113 Å². The van der Waals surface area contributed by atoms with Gasteiger partial charge in [0.15, 0.2) is 6.10 Å². The van der Waals surface area contributed by atoms with Gasteiger partial charge in [0.25, 0.3) is 5.91 Å². The molecule has 18 nitrogen and oxygen atoms in total. The van der Waals surface area contributed by atoms with E-state index in [0.29, 0.717) is 26.3 Å². The number of H-pyrrole nitrogens is 2. The van der Waals surface area contributed by atoms with Crippen LogP contribution in [0.2, 0.25) is 0 Å². The average Bonchev–Trinajstić information content (AvgIpc) is 4.28. The maximum Gasteiger partial charge on any atom is 0.407 e. The Morgan fingerprint density at radius 2 is 1.30 bits per heavy atom. The highest BCUT2D eigenvalue weighted by Crippen LogP contribution is 2.48. The third-order valence-corrected chi connectivity index (χ3v) is 15.1. The summed E-state index contributed by atoms with van der Waals surface area (Å²) in [6, 6.07) is 24.6. The predicted molar refractivity (Wildman–Crippen MR) is 278 cm³/mol. The molecule has 10 rings (SSSR count). The number of morpholine rings is 1. The first-order valence-corrected chi connectivity index (χ1v) is 25.9. The first kappa shape index (κ1) is 49.4. The zero-order chi connectivity index (χ0) is 50.9. The van der Waals surface area contributed by atoms with Crippen LogP contribution in [-0.2, 0) is 23.8 Å². The summed E-state index contributed by atoms with van der Waals surface area (Å²) in [6.07, 6.45) is 4.68. The van der Waals surface area contributed by atoms with E-state index in [4.69, 9.17) is 29.2 Å². The van der Waals surface area contributed by atoms with Crippen molar-refractivity contribution < 1.29 is 33.4 Å². The number of ether oxygens (including phenoxy) is 3. The van der Waals surface area contributed by atoms with E-state index in [2.05, 4.69) is 103 Å². The van der Waals surface area contributed by atoms with Gasteiger partial charge in [-0.25, -0.2) is 24.5 Å². The number of fused-ring (bicyclic) bond motifs is 2. The Morgan fingerprint density at radius 3 is 1.85 bits per heavy atom. The number of nitrogens with zero attached hydrogens (tertiary/aromatic N) is 7. The summed E-state index contributed by atoms with van der Waals surface area (Å²) in [7, 11) is 2.79. The molecule has 0 unspecified atom stereocenters. The Labute approximate surface area is 425 Å². The van der Waals surface area contributed by atoms with E-state index < -0.39 is 24.3 Å². The van der Waals surface area contributed by atoms with Gasteiger partial charge in [-0.2, -0.15) is 0 Å². The van der Waals surface area contributed by atoms with Crippen molar-refractivity contribution in [3.8, 4) is 11.1 Å². The van der Waals surface area contributed by atoms with E-state index in [1.54, 1.807) is 0 Å². The molecule has 4 saturated heterocycles. The normalized spacial score (nSPS) is 21.1. The third-order valence-electron chi connectivity index (χ3n) is 15.1. The second-order valence-electron chi connectivity index (χ2n) is 20.4. The minimum Gasteiger partial charge on any atom is -0.453 e. The van der Waals surface area contributed by atoms with Crippen LogP contribution in [0.15, 0.2) is 79.0 Å². The number of nitrogens with one attached hydrogen (secondary N) is 4. The van der Waals surface area contributed by atoms with Crippen LogP contribution in [0.25, 0.3) is 33.2 Å². The summed E-state index contributed by atoms with van der Waals surface area (Å²) >= 11 is 0. The molecular formula is C55H67N11O7. The Hall–Kier alpha value is -7.21. The van der Waals surface area contributed by atoms with Crippen molar-refractivity contribution in [1.29, 1.82) is 0 Å². The molecule has 4 fully saturated rings. The fraction of sp³-hybridized carbons (Fsp3) is 0.473. The molecule has 3 aromatic carbocycles. The number of rotatable bonds is 13. The standard InChI is InChI=1S/C55H67N11O7/c1-32(2)48(62-55(70)71-6)52(67)64-22-8-12-45(64)50-58-39-17-14-35(29-41(39)60-50)43-19-20-44(66(43)38-11-7-10-34(28-38)37-16-21-47(57-31-37)63-24-26-72-27-25-63)36-15-18-40-42(30-36)61-51(59-40)46-13-9-23-65(46)53(68)49(33(3)4)73-54(69)56-5/h7,10-11,14-18,21,28-33,43-46,48-49H,8-9,12-13,19-20,22-27H2,1-6H3,(H,56,69)(H,58,60)(H,59,61)(H,62,70)/t43-,44-,45+,46+,48+,49+/m1/s1. The highest BCUT2D eigenvalue weighted by atomic mass is 16.6. The van der Waals surface area contributed by atoms with Gasteiger partial charge in [0.2, 0.25) is 5.91 Å². The molecule has 73 heavy (non-hydrogen) atoms. The van der Waals surface area contributed by atoms with Crippen LogP contribution < -0.4 is 20.4 Å². The fourth-order valence-corrected chi connectivity index (χ4v) is 11.3. The molecule has 6 atom stereocenters. The number of aromatic amines is 2. The SMILES string of the molecule is CNC(=O)O[C@H](C(=O)N1CCC[C@H]1c1nc2cc([C@H]3CC[C@H](c4ccc5[nH]c([C@@H]6CCCN6C(=O)[C@@H](NC(=O)OC)C(C)C)nc5c4)N3c3cccc(-c4ccc(N5CCOCC5)nc4)c3)ccc2[nH]1)C(C)C. The lowest BCUT2D eigenvalue weighted by Gasteiger charge is -2.33. The Morgan fingerprint density at radius 1 is 0.685 bits per heavy atom. The molecule has 7 heterocycles. The second-order valence-corrected chi connectivity index (χ2v) is 20.4. The molecule has 0 aliphatic carbocycles. The summed E-state index contributed by atoms with van der Waals surface area (Å²) < 4.78 is 16.0. The lowest BCUT2D eigenvalue weighted by molar-refractivity contribution is -0.143. The van der Waals surface area contributed by atoms with Crippen molar-refractivity contribution >= 4 is 57.6 Å².